The summed E-state index contributed by atoms with van der Waals surface area (Å²) in [6.07, 6.45) is -3.32. The first-order chi connectivity index (χ1) is 7.52. The first kappa shape index (κ1) is 10.8. The molecule has 1 fully saturated rings. The maximum absolute atomic E-state index is 11.5. The summed E-state index contributed by atoms with van der Waals surface area (Å²) >= 11 is 0. The molecule has 16 heavy (non-hydrogen) atoms. The molecule has 0 aliphatic carbocycles. The van der Waals surface area contributed by atoms with E-state index in [1.165, 1.54) is 0 Å². The van der Waals surface area contributed by atoms with Gasteiger partial charge in [-0.2, -0.15) is 0 Å². The molecule has 2 N–H and O–H groups in total. The number of rotatable bonds is 1. The highest BCUT2D eigenvalue weighted by Gasteiger charge is 2.46. The number of imide groups is 1. The second kappa shape index (κ2) is 3.70. The minimum absolute atomic E-state index is 0.358. The number of aryl methyl sites for hydroxylation is 1. The fourth-order valence-corrected chi connectivity index (χ4v) is 1.59. The van der Waals surface area contributed by atoms with Crippen LogP contribution in [0.25, 0.3) is 0 Å². The number of hydrogen-bond acceptors (Lipinski definition) is 4. The van der Waals surface area contributed by atoms with E-state index >= 15 is 0 Å². The lowest BCUT2D eigenvalue weighted by molar-refractivity contribution is -0.129. The van der Waals surface area contributed by atoms with E-state index < -0.39 is 24.0 Å². The van der Waals surface area contributed by atoms with Crippen LogP contribution in [-0.2, 0) is 9.59 Å². The molecule has 1 aliphatic heterocycles. The van der Waals surface area contributed by atoms with Gasteiger partial charge in [-0.05, 0) is 19.1 Å². The third-order valence-electron chi connectivity index (χ3n) is 2.54. The molecular weight excluding hydrogens is 210 g/mol. The first-order valence-corrected chi connectivity index (χ1v) is 4.83. The van der Waals surface area contributed by atoms with Gasteiger partial charge in [0, 0.05) is 0 Å². The average molecular weight is 221 g/mol. The lowest BCUT2D eigenvalue weighted by Crippen LogP contribution is -2.31. The van der Waals surface area contributed by atoms with Gasteiger partial charge in [0.05, 0.1) is 5.69 Å². The molecule has 0 saturated carbocycles. The molecule has 5 nitrogen and oxygen atoms in total. The van der Waals surface area contributed by atoms with Crippen molar-refractivity contribution in [1.82, 2.24) is 0 Å². The van der Waals surface area contributed by atoms with Crippen LogP contribution in [0, 0.1) is 6.92 Å². The second-order valence-corrected chi connectivity index (χ2v) is 3.74. The van der Waals surface area contributed by atoms with E-state index in [2.05, 4.69) is 0 Å². The van der Waals surface area contributed by atoms with Gasteiger partial charge in [-0.25, -0.2) is 4.90 Å². The van der Waals surface area contributed by atoms with E-state index in [0.29, 0.717) is 5.69 Å². The number of aliphatic hydroxyl groups is 2. The summed E-state index contributed by atoms with van der Waals surface area (Å²) in [6.45, 7) is 1.88. The van der Waals surface area contributed by atoms with E-state index in [0.717, 1.165) is 10.5 Å². The number of amides is 2. The van der Waals surface area contributed by atoms with Crippen LogP contribution in [0.5, 0.6) is 0 Å². The van der Waals surface area contributed by atoms with Crippen molar-refractivity contribution in [2.75, 3.05) is 4.90 Å². The summed E-state index contributed by atoms with van der Waals surface area (Å²) in [4.78, 5) is 23.8. The van der Waals surface area contributed by atoms with Gasteiger partial charge in [0.1, 0.15) is 0 Å². The summed E-state index contributed by atoms with van der Waals surface area (Å²) in [5.74, 6) is -1.58. The molecule has 2 atom stereocenters. The van der Waals surface area contributed by atoms with Crippen LogP contribution in [0.3, 0.4) is 0 Å². The Kier molecular flexibility index (Phi) is 2.49. The molecule has 1 aliphatic rings. The van der Waals surface area contributed by atoms with Crippen molar-refractivity contribution in [1.29, 1.82) is 0 Å². The van der Waals surface area contributed by atoms with Gasteiger partial charge in [0.2, 0.25) is 0 Å². The molecular formula is C11H11NO4. The molecule has 0 bridgehead atoms. The third kappa shape index (κ3) is 1.50. The number of anilines is 1. The van der Waals surface area contributed by atoms with Crippen LogP contribution >= 0.6 is 0 Å². The highest BCUT2D eigenvalue weighted by molar-refractivity contribution is 6.24. The summed E-state index contributed by atoms with van der Waals surface area (Å²) in [6, 6.07) is 6.67. The fourth-order valence-electron chi connectivity index (χ4n) is 1.59. The molecule has 0 aromatic heterocycles. The molecule has 0 spiro atoms. The van der Waals surface area contributed by atoms with Crippen LogP contribution in [0.4, 0.5) is 5.69 Å². The second-order valence-electron chi connectivity index (χ2n) is 3.74. The number of aliphatic hydroxyl groups excluding tert-OH is 2. The van der Waals surface area contributed by atoms with Gasteiger partial charge >= 0.3 is 0 Å². The van der Waals surface area contributed by atoms with E-state index in [-0.39, 0.29) is 0 Å². The zero-order chi connectivity index (χ0) is 11.9. The van der Waals surface area contributed by atoms with Crippen LogP contribution < -0.4 is 4.90 Å². The average Bonchev–Trinajstić information content (AvgIpc) is 2.46. The quantitative estimate of drug-likeness (QED) is 0.632. The predicted molar refractivity (Wildman–Crippen MR) is 55.7 cm³/mol. The molecule has 1 heterocycles. The largest absolute Gasteiger partial charge is 0.380 e. The Morgan fingerprint density at radius 3 is 1.88 bits per heavy atom. The molecule has 0 radical (unpaired) electrons. The Bertz CT molecular complexity index is 420. The zero-order valence-corrected chi connectivity index (χ0v) is 8.62. The summed E-state index contributed by atoms with van der Waals surface area (Å²) in [5.41, 5.74) is 1.35. The van der Waals surface area contributed by atoms with Crippen molar-refractivity contribution in [3.63, 3.8) is 0 Å². The minimum atomic E-state index is -1.66. The number of benzene rings is 1. The molecule has 2 amide bonds. The third-order valence-corrected chi connectivity index (χ3v) is 2.54. The zero-order valence-electron chi connectivity index (χ0n) is 8.62. The highest BCUT2D eigenvalue weighted by Crippen LogP contribution is 2.23. The molecule has 2 rings (SSSR count). The maximum Gasteiger partial charge on any atom is 0.265 e. The molecule has 84 valence electrons. The molecule has 5 heteroatoms. The van der Waals surface area contributed by atoms with Crippen molar-refractivity contribution in [2.45, 2.75) is 19.1 Å². The van der Waals surface area contributed by atoms with Crippen LogP contribution in [-0.4, -0.2) is 34.2 Å². The number of hydrogen-bond donors (Lipinski definition) is 2. The number of nitrogens with zero attached hydrogens (tertiary/aromatic N) is 1. The SMILES string of the molecule is Cc1ccc(N2C(=O)[C@@H](O)[C@@H](O)C2=O)cc1. The smallest absolute Gasteiger partial charge is 0.265 e. The topological polar surface area (TPSA) is 77.8 Å². The summed E-state index contributed by atoms with van der Waals surface area (Å²) in [7, 11) is 0. The van der Waals surface area contributed by atoms with Crippen molar-refractivity contribution in [3.8, 4) is 0 Å². The lowest BCUT2D eigenvalue weighted by Gasteiger charge is -2.13. The normalized spacial score (nSPS) is 25.3. The summed E-state index contributed by atoms with van der Waals surface area (Å²) in [5, 5.41) is 18.5. The number of carbonyl (C=O) groups is 2. The minimum Gasteiger partial charge on any atom is -0.380 e. The van der Waals surface area contributed by atoms with Crippen molar-refractivity contribution in [2.24, 2.45) is 0 Å². The Morgan fingerprint density at radius 2 is 1.44 bits per heavy atom. The van der Waals surface area contributed by atoms with Crippen LogP contribution in [0.15, 0.2) is 24.3 Å². The Balaban J connectivity index is 2.38. The molecule has 1 saturated heterocycles. The van der Waals surface area contributed by atoms with Gasteiger partial charge in [-0.1, -0.05) is 17.7 Å². The first-order valence-electron chi connectivity index (χ1n) is 4.83. The molecule has 1 aromatic rings. The highest BCUT2D eigenvalue weighted by atomic mass is 16.4. The molecule has 1 aromatic carbocycles. The predicted octanol–water partition coefficient (Wildman–Crippen LogP) is -0.410. The lowest BCUT2D eigenvalue weighted by atomic mass is 10.2. The van der Waals surface area contributed by atoms with Crippen molar-refractivity contribution in [3.05, 3.63) is 29.8 Å². The van der Waals surface area contributed by atoms with Gasteiger partial charge in [-0.15, -0.1) is 0 Å². The maximum atomic E-state index is 11.5. The van der Waals surface area contributed by atoms with E-state index in [9.17, 15) is 19.8 Å². The van der Waals surface area contributed by atoms with E-state index in [4.69, 9.17) is 0 Å². The van der Waals surface area contributed by atoms with E-state index in [1.807, 2.05) is 6.92 Å². The molecule has 0 unspecified atom stereocenters. The van der Waals surface area contributed by atoms with Crippen LogP contribution in [0.2, 0.25) is 0 Å². The number of carbonyl (C=O) groups excluding carboxylic acids is 2. The standard InChI is InChI=1S/C11H11NO4/c1-6-2-4-7(5-3-6)12-10(15)8(13)9(14)11(12)16/h2-5,8-9,13-14H,1H3/t8-,9+. The summed E-state index contributed by atoms with van der Waals surface area (Å²) < 4.78 is 0. The van der Waals surface area contributed by atoms with Crippen molar-refractivity contribution >= 4 is 17.5 Å². The Hall–Kier alpha value is -1.72. The van der Waals surface area contributed by atoms with Crippen molar-refractivity contribution < 1.29 is 19.8 Å². The Morgan fingerprint density at radius 1 is 1.00 bits per heavy atom. The van der Waals surface area contributed by atoms with Gasteiger partial charge < -0.3 is 10.2 Å². The van der Waals surface area contributed by atoms with Gasteiger partial charge in [0.15, 0.2) is 12.2 Å². The van der Waals surface area contributed by atoms with Gasteiger partial charge in [-0.3, -0.25) is 9.59 Å². The fraction of sp³-hybridized carbons (Fsp3) is 0.273. The van der Waals surface area contributed by atoms with Gasteiger partial charge in [0.25, 0.3) is 11.8 Å². The monoisotopic (exact) mass is 221 g/mol. The Labute approximate surface area is 91.9 Å². The van der Waals surface area contributed by atoms with E-state index in [1.54, 1.807) is 24.3 Å². The van der Waals surface area contributed by atoms with Crippen LogP contribution in [0.1, 0.15) is 5.56 Å².